The number of halogens is 5. The van der Waals surface area contributed by atoms with Crippen LogP contribution in [0.2, 0.25) is 0 Å². The van der Waals surface area contributed by atoms with E-state index >= 15 is 0 Å². The van der Waals surface area contributed by atoms with E-state index in [-0.39, 0.29) is 18.0 Å². The van der Waals surface area contributed by atoms with Crippen molar-refractivity contribution in [2.24, 2.45) is 5.14 Å². The Kier molecular flexibility index (Phi) is 7.24. The van der Waals surface area contributed by atoms with E-state index in [1.54, 1.807) is 0 Å². The van der Waals surface area contributed by atoms with Crippen molar-refractivity contribution < 1.29 is 44.6 Å². The highest BCUT2D eigenvalue weighted by molar-refractivity contribution is 7.89. The molecule has 0 bridgehead atoms. The fraction of sp³-hybridized carbons (Fsp3) is 0.400. The number of sulfonamides is 1. The van der Waals surface area contributed by atoms with E-state index in [4.69, 9.17) is 14.6 Å². The van der Waals surface area contributed by atoms with E-state index in [0.717, 1.165) is 30.3 Å². The van der Waals surface area contributed by atoms with Crippen LogP contribution in [0.25, 0.3) is 0 Å². The van der Waals surface area contributed by atoms with Crippen molar-refractivity contribution in [3.8, 4) is 5.75 Å². The third-order valence-corrected chi connectivity index (χ3v) is 6.21. The Bertz CT molecular complexity index is 1230. The quantitative estimate of drug-likeness (QED) is 0.534. The third-order valence-electron chi connectivity index (χ3n) is 5.40. The molecule has 1 fully saturated rings. The van der Waals surface area contributed by atoms with E-state index in [2.05, 4.69) is 10.3 Å². The molecule has 9 nitrogen and oxygen atoms in total. The van der Waals surface area contributed by atoms with Gasteiger partial charge in [-0.2, -0.15) is 17.6 Å². The van der Waals surface area contributed by atoms with Gasteiger partial charge in [-0.15, -0.1) is 0 Å². The number of carbonyl (C=O) groups excluding carboxylic acids is 1. The van der Waals surface area contributed by atoms with Crippen molar-refractivity contribution in [1.82, 2.24) is 4.98 Å². The van der Waals surface area contributed by atoms with E-state index in [1.165, 1.54) is 13.0 Å². The average Bonchev–Trinajstić information content (AvgIpc) is 3.16. The van der Waals surface area contributed by atoms with Crippen molar-refractivity contribution >= 4 is 27.3 Å². The summed E-state index contributed by atoms with van der Waals surface area (Å²) in [6.45, 7) is 0.0659. The highest BCUT2D eigenvalue weighted by atomic mass is 32.2. The van der Waals surface area contributed by atoms with Crippen LogP contribution in [0.1, 0.15) is 13.3 Å². The lowest BCUT2D eigenvalue weighted by Crippen LogP contribution is -2.50. The van der Waals surface area contributed by atoms with Crippen LogP contribution in [-0.4, -0.2) is 57.4 Å². The summed E-state index contributed by atoms with van der Waals surface area (Å²) in [5.41, 5.74) is -3.24. The molecule has 1 aliphatic heterocycles. The van der Waals surface area contributed by atoms with Crippen molar-refractivity contribution in [2.45, 2.75) is 36.2 Å². The first-order valence-electron chi connectivity index (χ1n) is 10.0. The smallest absolute Gasteiger partial charge is 0.419 e. The molecular weight excluding hydrogens is 503 g/mol. The maximum absolute atomic E-state index is 14.4. The molecule has 2 aromatic rings. The lowest BCUT2D eigenvalue weighted by Gasteiger charge is -2.32. The van der Waals surface area contributed by atoms with E-state index < -0.39 is 69.1 Å². The molecule has 1 aromatic heterocycles. The number of nitrogens with zero attached hydrogens (tertiary/aromatic N) is 2. The Labute approximate surface area is 197 Å². The number of rotatable bonds is 7. The summed E-state index contributed by atoms with van der Waals surface area (Å²) in [7, 11) is -3.23. The zero-order valence-electron chi connectivity index (χ0n) is 18.4. The van der Waals surface area contributed by atoms with Crippen LogP contribution in [-0.2, 0) is 19.6 Å². The van der Waals surface area contributed by atoms with Gasteiger partial charge in [0.15, 0.2) is 22.2 Å². The predicted octanol–water partition coefficient (Wildman–Crippen LogP) is 2.57. The second-order valence-corrected chi connectivity index (χ2v) is 9.11. The Morgan fingerprint density at radius 3 is 2.57 bits per heavy atom. The number of pyridine rings is 1. The number of carbonyl (C=O) groups is 1. The average molecular weight is 524 g/mol. The van der Waals surface area contributed by atoms with Crippen LogP contribution in [0.4, 0.5) is 33.3 Å². The minimum absolute atomic E-state index is 0.118. The molecule has 1 amide bonds. The van der Waals surface area contributed by atoms with Gasteiger partial charge >= 0.3 is 6.18 Å². The van der Waals surface area contributed by atoms with Gasteiger partial charge in [0.05, 0.1) is 19.3 Å². The number of hydrogen-bond acceptors (Lipinski definition) is 7. The number of primary sulfonamides is 1. The lowest BCUT2D eigenvalue weighted by molar-refractivity contribution is -0.268. The van der Waals surface area contributed by atoms with Crippen LogP contribution >= 0.6 is 0 Å². The summed E-state index contributed by atoms with van der Waals surface area (Å²) in [6.07, 6.45) is -4.80. The van der Waals surface area contributed by atoms with Crippen molar-refractivity contribution in [2.75, 3.05) is 30.5 Å². The second kappa shape index (κ2) is 9.54. The zero-order chi connectivity index (χ0) is 26.2. The molecule has 3 N–H and O–H groups in total. The molecule has 0 spiro atoms. The molecule has 1 saturated heterocycles. The first kappa shape index (κ1) is 26.6. The Morgan fingerprint density at radius 1 is 1.31 bits per heavy atom. The van der Waals surface area contributed by atoms with E-state index in [1.807, 2.05) is 0 Å². The van der Waals surface area contributed by atoms with Gasteiger partial charge in [-0.1, -0.05) is 0 Å². The van der Waals surface area contributed by atoms with E-state index in [9.17, 15) is 35.2 Å². The molecular formula is C20H21F5N4O5S. The van der Waals surface area contributed by atoms with Gasteiger partial charge in [0.25, 0.3) is 10.0 Å². The summed E-state index contributed by atoms with van der Waals surface area (Å²) in [5, 5.41) is 6.75. The first-order chi connectivity index (χ1) is 16.2. The van der Waals surface area contributed by atoms with Gasteiger partial charge in [0.2, 0.25) is 11.7 Å². The molecule has 0 aliphatic carbocycles. The summed E-state index contributed by atoms with van der Waals surface area (Å²) < 4.78 is 104. The Morgan fingerprint density at radius 2 is 2.00 bits per heavy atom. The number of hydrogen-bond donors (Lipinski definition) is 2. The maximum atomic E-state index is 14.4. The molecule has 15 heteroatoms. The Balaban J connectivity index is 2.07. The number of ether oxygens (including phenoxy) is 2. The van der Waals surface area contributed by atoms with Gasteiger partial charge < -0.3 is 19.7 Å². The zero-order valence-corrected chi connectivity index (χ0v) is 19.2. The number of alkyl halides is 3. The first-order valence-corrected chi connectivity index (χ1v) is 11.6. The SMILES string of the molecule is CCO[C@@]1(C(F)(F)F)C[C@@H](C(=O)Nc2ccnc(S(N)(=O)=O)c2)N(c2ccc(F)c(F)c2OC)C1. The van der Waals surface area contributed by atoms with Crippen LogP contribution < -0.4 is 20.1 Å². The monoisotopic (exact) mass is 524 g/mol. The molecule has 35 heavy (non-hydrogen) atoms. The standard InChI is InChI=1S/C20H21F5N4O5S/c1-3-34-19(20(23,24)25)9-14(18(30)28-11-6-7-27-15(8-11)35(26,31)32)29(10-19)13-5-4-12(21)16(22)17(13)33-2/h4-8,14H,3,9-10H2,1-2H3,(H2,26,31,32)(H,27,28,30)/t14-,19-/m0/s1. The minimum atomic E-state index is -4.93. The molecule has 0 unspecified atom stereocenters. The van der Waals surface area contributed by atoms with Gasteiger partial charge in [0.1, 0.15) is 6.04 Å². The molecule has 0 radical (unpaired) electrons. The van der Waals surface area contributed by atoms with Gasteiger partial charge in [-0.25, -0.2) is 22.9 Å². The van der Waals surface area contributed by atoms with Crippen LogP contribution in [0.5, 0.6) is 5.75 Å². The summed E-state index contributed by atoms with van der Waals surface area (Å²) in [6, 6.07) is 2.19. The Hall–Kier alpha value is -3.04. The number of benzene rings is 1. The summed E-state index contributed by atoms with van der Waals surface area (Å²) >= 11 is 0. The van der Waals surface area contributed by atoms with Crippen molar-refractivity contribution in [3.63, 3.8) is 0 Å². The fourth-order valence-electron chi connectivity index (χ4n) is 3.84. The molecule has 3 rings (SSSR count). The largest absolute Gasteiger partial charge is 0.491 e. The number of anilines is 2. The van der Waals surface area contributed by atoms with Crippen molar-refractivity contribution in [1.29, 1.82) is 0 Å². The molecule has 0 saturated carbocycles. The number of aromatic nitrogens is 1. The lowest BCUT2D eigenvalue weighted by atomic mass is 9.98. The van der Waals surface area contributed by atoms with Gasteiger partial charge in [-0.05, 0) is 25.1 Å². The number of nitrogens with two attached hydrogens (primary N) is 1. The number of amides is 1. The van der Waals surface area contributed by atoms with Gasteiger partial charge in [0, 0.05) is 31.0 Å². The minimum Gasteiger partial charge on any atom is -0.491 e. The fourth-order valence-corrected chi connectivity index (χ4v) is 4.34. The maximum Gasteiger partial charge on any atom is 0.419 e. The van der Waals surface area contributed by atoms with Crippen LogP contribution in [0.3, 0.4) is 0 Å². The molecule has 2 atom stereocenters. The van der Waals surface area contributed by atoms with Crippen molar-refractivity contribution in [3.05, 3.63) is 42.1 Å². The number of nitrogens with one attached hydrogen (secondary N) is 1. The van der Waals surface area contributed by atoms with Gasteiger partial charge in [-0.3, -0.25) is 4.79 Å². The normalized spacial score (nSPS) is 20.7. The molecule has 2 heterocycles. The van der Waals surface area contributed by atoms with Crippen LogP contribution in [0, 0.1) is 11.6 Å². The number of methoxy groups -OCH3 is 1. The predicted molar refractivity (Wildman–Crippen MR) is 113 cm³/mol. The molecule has 192 valence electrons. The van der Waals surface area contributed by atoms with Crippen LogP contribution in [0.15, 0.2) is 35.5 Å². The topological polar surface area (TPSA) is 124 Å². The summed E-state index contributed by atoms with van der Waals surface area (Å²) in [5.74, 6) is -4.45. The molecule has 1 aromatic carbocycles. The highest BCUT2D eigenvalue weighted by Gasteiger charge is 2.63. The second-order valence-electron chi connectivity index (χ2n) is 7.60. The highest BCUT2D eigenvalue weighted by Crippen LogP contribution is 2.47. The molecule has 1 aliphatic rings. The van der Waals surface area contributed by atoms with E-state index in [0.29, 0.717) is 6.07 Å². The third kappa shape index (κ3) is 5.16. The summed E-state index contributed by atoms with van der Waals surface area (Å²) in [4.78, 5) is 17.6.